The van der Waals surface area contributed by atoms with Crippen LogP contribution in [0.15, 0.2) is 12.8 Å². The minimum atomic E-state index is 0.726. The maximum absolute atomic E-state index is 4.60. The minimum Gasteiger partial charge on any atom is -0.502 e. The molecule has 0 atom stereocenters. The van der Waals surface area contributed by atoms with Crippen LogP contribution in [0.4, 0.5) is 0 Å². The van der Waals surface area contributed by atoms with Crippen molar-refractivity contribution in [1.82, 2.24) is 0 Å². The van der Waals surface area contributed by atoms with Crippen molar-refractivity contribution >= 4 is 0 Å². The molecule has 0 rings (SSSR count). The van der Waals surface area contributed by atoms with Crippen molar-refractivity contribution in [3.05, 3.63) is 12.8 Å². The molecule has 0 bridgehead atoms. The molecular weight excluding hydrogens is 90.1 g/mol. The highest BCUT2D eigenvalue weighted by atomic mass is 16.5. The molecule has 2 heteroatoms. The summed E-state index contributed by atoms with van der Waals surface area (Å²) in [6, 6.07) is 0. The highest BCUT2D eigenvalue weighted by molar-refractivity contribution is 4.45. The first-order chi connectivity index (χ1) is 3.41. The van der Waals surface area contributed by atoms with E-state index in [-0.39, 0.29) is 0 Å². The lowest BCUT2D eigenvalue weighted by atomic mass is 10.9. The molecule has 0 unspecified atom stereocenters. The van der Waals surface area contributed by atoms with Crippen LogP contribution < -0.4 is 5.73 Å². The fourth-order valence-electron chi connectivity index (χ4n) is 0.118. The van der Waals surface area contributed by atoms with Gasteiger partial charge in [0.1, 0.15) is 0 Å². The third kappa shape index (κ3) is 29.9. The third-order valence-corrected chi connectivity index (χ3v) is 0.285. The zero-order chi connectivity index (χ0) is 6.12. The summed E-state index contributed by atoms with van der Waals surface area (Å²) in [5.74, 6) is 0. The maximum atomic E-state index is 4.60. The van der Waals surface area contributed by atoms with Crippen LogP contribution in [-0.2, 0) is 4.74 Å². The van der Waals surface area contributed by atoms with Crippen LogP contribution in [0, 0.1) is 0 Å². The van der Waals surface area contributed by atoms with Crippen LogP contribution in [0.1, 0.15) is 6.92 Å². The molecule has 0 aliphatic carbocycles. The van der Waals surface area contributed by atoms with E-state index in [0.29, 0.717) is 0 Å². The van der Waals surface area contributed by atoms with Crippen molar-refractivity contribution in [2.24, 2.45) is 5.73 Å². The van der Waals surface area contributed by atoms with Crippen molar-refractivity contribution in [2.75, 3.05) is 13.7 Å². The number of ether oxygens (including phenoxy) is 1. The lowest BCUT2D eigenvalue weighted by molar-refractivity contribution is 0.270. The van der Waals surface area contributed by atoms with E-state index < -0.39 is 0 Å². The molecule has 0 saturated heterocycles. The molecule has 0 amide bonds. The largest absolute Gasteiger partial charge is 0.502 e. The van der Waals surface area contributed by atoms with Gasteiger partial charge in [0, 0.05) is 0 Å². The number of rotatable bonds is 2. The van der Waals surface area contributed by atoms with E-state index in [1.54, 1.807) is 0 Å². The zero-order valence-corrected chi connectivity index (χ0v) is 4.98. The lowest BCUT2D eigenvalue weighted by Crippen LogP contribution is -1.72. The Bertz CT molecular complexity index is 29.3. The summed E-state index contributed by atoms with van der Waals surface area (Å²) in [4.78, 5) is 0. The monoisotopic (exact) mass is 103 g/mol. The predicted octanol–water partition coefficient (Wildman–Crippen LogP) is 0.741. The third-order valence-electron chi connectivity index (χ3n) is 0.285. The van der Waals surface area contributed by atoms with Gasteiger partial charge >= 0.3 is 0 Å². The van der Waals surface area contributed by atoms with Gasteiger partial charge in [-0.1, -0.05) is 6.58 Å². The van der Waals surface area contributed by atoms with Gasteiger partial charge in [-0.15, -0.1) is 0 Å². The van der Waals surface area contributed by atoms with Gasteiger partial charge in [-0.3, -0.25) is 0 Å². The molecule has 2 nitrogen and oxygen atoms in total. The Balaban J connectivity index is 0. The Morgan fingerprint density at radius 2 is 2.14 bits per heavy atom. The maximum Gasteiger partial charge on any atom is 0.0844 e. The second kappa shape index (κ2) is 17.8. The number of nitrogens with two attached hydrogens (primary N) is 1. The van der Waals surface area contributed by atoms with Crippen molar-refractivity contribution in [2.45, 2.75) is 6.92 Å². The first kappa shape index (κ1) is 9.71. The normalized spacial score (nSPS) is 5.57. The van der Waals surface area contributed by atoms with Gasteiger partial charge in [-0.05, 0) is 14.0 Å². The second-order valence-electron chi connectivity index (χ2n) is 0.622. The van der Waals surface area contributed by atoms with Gasteiger partial charge in [0.15, 0.2) is 0 Å². The summed E-state index contributed by atoms with van der Waals surface area (Å²) < 4.78 is 4.60. The van der Waals surface area contributed by atoms with Gasteiger partial charge < -0.3 is 10.5 Å². The van der Waals surface area contributed by atoms with E-state index >= 15 is 0 Å². The number of hydrogen-bond donors (Lipinski definition) is 1. The quantitative estimate of drug-likeness (QED) is 0.523. The molecule has 0 heterocycles. The molecule has 0 aliphatic heterocycles. The molecule has 0 saturated carbocycles. The molecule has 44 valence electrons. The standard InChI is InChI=1S/C4H8O.CH5N/c1-3-5-4-2;1-2/h3H,1,4H2,2H3;2H2,1H3. The van der Waals surface area contributed by atoms with Crippen LogP contribution in [-0.4, -0.2) is 13.7 Å². The summed E-state index contributed by atoms with van der Waals surface area (Å²) in [7, 11) is 1.50. The molecule has 0 aromatic carbocycles. The van der Waals surface area contributed by atoms with Crippen molar-refractivity contribution in [1.29, 1.82) is 0 Å². The lowest BCUT2D eigenvalue weighted by Gasteiger charge is -1.84. The molecule has 0 radical (unpaired) electrons. The molecule has 2 N–H and O–H groups in total. The Labute approximate surface area is 45.0 Å². The second-order valence-corrected chi connectivity index (χ2v) is 0.622. The van der Waals surface area contributed by atoms with Gasteiger partial charge in [0.2, 0.25) is 0 Å². The van der Waals surface area contributed by atoms with Crippen LogP contribution >= 0.6 is 0 Å². The topological polar surface area (TPSA) is 35.2 Å². The molecule has 0 aromatic heterocycles. The van der Waals surface area contributed by atoms with Crippen LogP contribution in [0.25, 0.3) is 0 Å². The number of hydrogen-bond acceptors (Lipinski definition) is 2. The summed E-state index contributed by atoms with van der Waals surface area (Å²) in [5.41, 5.74) is 4.50. The highest BCUT2D eigenvalue weighted by Crippen LogP contribution is 1.65. The summed E-state index contributed by atoms with van der Waals surface area (Å²) in [6.07, 6.45) is 1.43. The molecule has 7 heavy (non-hydrogen) atoms. The summed E-state index contributed by atoms with van der Waals surface area (Å²) in [5, 5.41) is 0. The van der Waals surface area contributed by atoms with E-state index in [2.05, 4.69) is 17.0 Å². The minimum absolute atomic E-state index is 0.726. The SMILES string of the molecule is C=COCC.CN. The van der Waals surface area contributed by atoms with Crippen molar-refractivity contribution in [3.8, 4) is 0 Å². The zero-order valence-electron chi connectivity index (χ0n) is 4.98. The van der Waals surface area contributed by atoms with Crippen LogP contribution in [0.5, 0.6) is 0 Å². The van der Waals surface area contributed by atoms with E-state index in [1.165, 1.54) is 13.3 Å². The average Bonchev–Trinajstić information content (AvgIpc) is 1.75. The van der Waals surface area contributed by atoms with Gasteiger partial charge in [-0.2, -0.15) is 0 Å². The summed E-state index contributed by atoms with van der Waals surface area (Å²) in [6.45, 7) is 5.97. The van der Waals surface area contributed by atoms with Gasteiger partial charge in [0.25, 0.3) is 0 Å². The predicted molar refractivity (Wildman–Crippen MR) is 31.9 cm³/mol. The molecule has 0 aliphatic rings. The fourth-order valence-corrected chi connectivity index (χ4v) is 0.118. The van der Waals surface area contributed by atoms with E-state index in [1.807, 2.05) is 6.92 Å². The first-order valence-electron chi connectivity index (χ1n) is 2.22. The smallest absolute Gasteiger partial charge is 0.0844 e. The van der Waals surface area contributed by atoms with E-state index in [0.717, 1.165) is 6.61 Å². The summed E-state index contributed by atoms with van der Waals surface area (Å²) >= 11 is 0. The van der Waals surface area contributed by atoms with E-state index in [4.69, 9.17) is 0 Å². The Morgan fingerprint density at radius 3 is 2.14 bits per heavy atom. The van der Waals surface area contributed by atoms with Gasteiger partial charge in [-0.25, -0.2) is 0 Å². The highest BCUT2D eigenvalue weighted by Gasteiger charge is 1.55. The molecule has 0 fully saturated rings. The van der Waals surface area contributed by atoms with Crippen molar-refractivity contribution in [3.63, 3.8) is 0 Å². The average molecular weight is 103 g/mol. The Kier molecular flexibility index (Phi) is 24.7. The van der Waals surface area contributed by atoms with E-state index in [9.17, 15) is 0 Å². The Hall–Kier alpha value is -0.500. The van der Waals surface area contributed by atoms with Crippen LogP contribution in [0.2, 0.25) is 0 Å². The molecule has 0 aromatic rings. The first-order valence-corrected chi connectivity index (χ1v) is 2.22. The van der Waals surface area contributed by atoms with Crippen molar-refractivity contribution < 1.29 is 4.74 Å². The van der Waals surface area contributed by atoms with Gasteiger partial charge in [0.05, 0.1) is 12.9 Å². The molecule has 0 spiro atoms. The Morgan fingerprint density at radius 1 is 1.71 bits per heavy atom. The fraction of sp³-hybridized carbons (Fsp3) is 0.600. The molecular formula is C5H13NO. The van der Waals surface area contributed by atoms with Crippen LogP contribution in [0.3, 0.4) is 0 Å².